The van der Waals surface area contributed by atoms with Gasteiger partial charge in [0.05, 0.1) is 0 Å². The maximum atomic E-state index is 12.8. The Morgan fingerprint density at radius 1 is 1.25 bits per heavy atom. The Morgan fingerprint density at radius 2 is 1.90 bits per heavy atom. The fourth-order valence-corrected chi connectivity index (χ4v) is 3.15. The summed E-state index contributed by atoms with van der Waals surface area (Å²) in [6.45, 7) is 0. The van der Waals surface area contributed by atoms with E-state index in [0.29, 0.717) is 4.47 Å². The molecule has 0 amide bonds. The molecule has 2 aromatic rings. The van der Waals surface area contributed by atoms with E-state index in [2.05, 4.69) is 31.1 Å². The van der Waals surface area contributed by atoms with Crippen molar-refractivity contribution in [2.24, 2.45) is 5.84 Å². The summed E-state index contributed by atoms with van der Waals surface area (Å²) in [4.78, 5) is 3.73. The van der Waals surface area contributed by atoms with Gasteiger partial charge < -0.3 is 5.43 Å². The van der Waals surface area contributed by atoms with Crippen LogP contribution < -0.4 is 16.0 Å². The molecule has 106 valence electrons. The summed E-state index contributed by atoms with van der Waals surface area (Å²) in [6.07, 6.45) is 1.41. The number of hydrogen-bond donors (Lipinski definition) is 3. The van der Waals surface area contributed by atoms with Gasteiger partial charge in [0, 0.05) is 16.4 Å². The molecule has 0 saturated heterocycles. The number of hydrazine groups is 1. The number of rotatable bonds is 4. The van der Waals surface area contributed by atoms with Gasteiger partial charge in [0.25, 0.3) is 10.0 Å². The largest absolute Gasteiger partial charge is 0.307 e. The van der Waals surface area contributed by atoms with Crippen molar-refractivity contribution in [2.45, 2.75) is 4.90 Å². The van der Waals surface area contributed by atoms with Crippen molar-refractivity contribution in [3.63, 3.8) is 0 Å². The number of benzene rings is 1. The number of anilines is 2. The number of sulfonamides is 1. The van der Waals surface area contributed by atoms with Crippen molar-refractivity contribution in [2.75, 3.05) is 10.1 Å². The van der Waals surface area contributed by atoms with Gasteiger partial charge in [-0.3, -0.25) is 4.72 Å². The average Bonchev–Trinajstić information content (AvgIpc) is 2.41. The Kier molecular flexibility index (Phi) is 4.21. The molecule has 0 aliphatic rings. The first-order valence-corrected chi connectivity index (χ1v) is 7.60. The van der Waals surface area contributed by atoms with E-state index in [1.54, 1.807) is 0 Å². The number of nitrogens with one attached hydrogen (secondary N) is 2. The Morgan fingerprint density at radius 3 is 2.50 bits per heavy atom. The van der Waals surface area contributed by atoms with E-state index in [1.165, 1.54) is 24.4 Å². The SMILES string of the molecule is NNc1ncc(Br)cc1S(=O)(=O)Nc1ccc(F)cc1. The van der Waals surface area contributed by atoms with Crippen LogP contribution in [0.3, 0.4) is 0 Å². The summed E-state index contributed by atoms with van der Waals surface area (Å²) >= 11 is 3.14. The Balaban J connectivity index is 2.40. The maximum absolute atomic E-state index is 12.8. The summed E-state index contributed by atoms with van der Waals surface area (Å²) in [5.74, 6) is 4.79. The van der Waals surface area contributed by atoms with Gasteiger partial charge in [0.15, 0.2) is 5.82 Å². The zero-order valence-electron chi connectivity index (χ0n) is 9.97. The van der Waals surface area contributed by atoms with Gasteiger partial charge in [-0.1, -0.05) is 0 Å². The highest BCUT2D eigenvalue weighted by Gasteiger charge is 2.20. The molecule has 0 aliphatic carbocycles. The molecule has 2 rings (SSSR count). The lowest BCUT2D eigenvalue weighted by atomic mass is 10.3. The minimum Gasteiger partial charge on any atom is -0.307 e. The van der Waals surface area contributed by atoms with Crippen molar-refractivity contribution >= 4 is 37.5 Å². The molecule has 1 aromatic carbocycles. The highest BCUT2D eigenvalue weighted by molar-refractivity contribution is 9.10. The van der Waals surface area contributed by atoms with Crippen molar-refractivity contribution in [3.05, 3.63) is 46.8 Å². The Hall–Kier alpha value is -1.71. The first-order valence-electron chi connectivity index (χ1n) is 5.33. The number of pyridine rings is 1. The normalized spacial score (nSPS) is 11.2. The van der Waals surface area contributed by atoms with Gasteiger partial charge >= 0.3 is 0 Å². The van der Waals surface area contributed by atoms with E-state index in [9.17, 15) is 12.8 Å². The fourth-order valence-electron chi connectivity index (χ4n) is 1.46. The van der Waals surface area contributed by atoms with Gasteiger partial charge in [-0.15, -0.1) is 0 Å². The summed E-state index contributed by atoms with van der Waals surface area (Å²) in [6, 6.07) is 6.29. The van der Waals surface area contributed by atoms with E-state index in [-0.39, 0.29) is 16.4 Å². The van der Waals surface area contributed by atoms with Crippen molar-refractivity contribution in [3.8, 4) is 0 Å². The molecule has 0 aliphatic heterocycles. The van der Waals surface area contributed by atoms with Gasteiger partial charge in [-0.2, -0.15) is 0 Å². The maximum Gasteiger partial charge on any atom is 0.265 e. The molecular weight excluding hydrogens is 351 g/mol. The van der Waals surface area contributed by atoms with Crippen molar-refractivity contribution in [1.29, 1.82) is 0 Å². The average molecular weight is 361 g/mol. The highest BCUT2D eigenvalue weighted by Crippen LogP contribution is 2.24. The molecular formula is C11H10BrFN4O2S. The molecule has 0 radical (unpaired) electrons. The third-order valence-corrected chi connectivity index (χ3v) is 4.17. The van der Waals surface area contributed by atoms with Crippen LogP contribution in [-0.2, 0) is 10.0 Å². The summed E-state index contributed by atoms with van der Waals surface area (Å²) in [5.41, 5.74) is 2.44. The Labute approximate surface area is 123 Å². The van der Waals surface area contributed by atoms with Crippen LogP contribution in [0.4, 0.5) is 15.9 Å². The molecule has 0 fully saturated rings. The molecule has 1 aromatic heterocycles. The van der Waals surface area contributed by atoms with Gasteiger partial charge in [0.2, 0.25) is 0 Å². The zero-order valence-corrected chi connectivity index (χ0v) is 12.4. The topological polar surface area (TPSA) is 97.1 Å². The molecule has 0 unspecified atom stereocenters. The van der Waals surface area contributed by atoms with Crippen LogP contribution in [0.1, 0.15) is 0 Å². The molecule has 1 heterocycles. The van der Waals surface area contributed by atoms with Gasteiger partial charge in [0.1, 0.15) is 10.7 Å². The standard InChI is InChI=1S/C11H10BrFN4O2S/c12-7-5-10(11(16-14)15-6-7)20(18,19)17-9-3-1-8(13)2-4-9/h1-6,17H,14H2,(H,15,16). The molecule has 6 nitrogen and oxygen atoms in total. The van der Waals surface area contributed by atoms with Crippen LogP contribution in [-0.4, -0.2) is 13.4 Å². The van der Waals surface area contributed by atoms with Crippen LogP contribution >= 0.6 is 15.9 Å². The van der Waals surface area contributed by atoms with E-state index in [1.807, 2.05) is 0 Å². The number of aromatic nitrogens is 1. The quantitative estimate of drug-likeness (QED) is 0.572. The molecule has 9 heteroatoms. The third kappa shape index (κ3) is 3.24. The number of nitrogen functional groups attached to an aromatic ring is 1. The van der Waals surface area contributed by atoms with Crippen LogP contribution in [0.5, 0.6) is 0 Å². The number of nitrogens with zero attached hydrogens (tertiary/aromatic N) is 1. The lowest BCUT2D eigenvalue weighted by Gasteiger charge is -2.11. The predicted octanol–water partition coefficient (Wildman–Crippen LogP) is 2.07. The molecule has 0 bridgehead atoms. The van der Waals surface area contributed by atoms with Gasteiger partial charge in [-0.05, 0) is 46.3 Å². The number of hydrogen-bond acceptors (Lipinski definition) is 5. The lowest BCUT2D eigenvalue weighted by molar-refractivity contribution is 0.601. The van der Waals surface area contributed by atoms with Crippen molar-refractivity contribution < 1.29 is 12.8 Å². The van der Waals surface area contributed by atoms with Crippen LogP contribution in [0.15, 0.2) is 45.9 Å². The second kappa shape index (κ2) is 5.73. The molecule has 4 N–H and O–H groups in total. The van der Waals surface area contributed by atoms with Crippen molar-refractivity contribution in [1.82, 2.24) is 4.98 Å². The third-order valence-electron chi connectivity index (χ3n) is 2.34. The molecule has 0 saturated carbocycles. The van der Waals surface area contributed by atoms with Crippen LogP contribution in [0, 0.1) is 5.82 Å². The smallest absolute Gasteiger partial charge is 0.265 e. The van der Waals surface area contributed by atoms with Gasteiger partial charge in [-0.25, -0.2) is 23.6 Å². The lowest BCUT2D eigenvalue weighted by Crippen LogP contribution is -2.18. The monoisotopic (exact) mass is 360 g/mol. The Bertz CT molecular complexity index is 722. The molecule has 0 spiro atoms. The number of nitrogens with two attached hydrogens (primary N) is 1. The fraction of sp³-hybridized carbons (Fsp3) is 0. The second-order valence-electron chi connectivity index (χ2n) is 3.76. The zero-order chi connectivity index (χ0) is 14.8. The van der Waals surface area contributed by atoms with E-state index >= 15 is 0 Å². The first kappa shape index (κ1) is 14.7. The predicted molar refractivity (Wildman–Crippen MR) is 77.0 cm³/mol. The van der Waals surface area contributed by atoms with E-state index in [4.69, 9.17) is 5.84 Å². The summed E-state index contributed by atoms with van der Waals surface area (Å²) in [7, 11) is -3.90. The van der Waals surface area contributed by atoms with E-state index < -0.39 is 15.8 Å². The first-order chi connectivity index (χ1) is 9.42. The minimum absolute atomic E-state index is 0.00260. The van der Waals surface area contributed by atoms with Crippen LogP contribution in [0.25, 0.3) is 0 Å². The molecule has 20 heavy (non-hydrogen) atoms. The molecule has 0 atom stereocenters. The van der Waals surface area contributed by atoms with Crippen LogP contribution in [0.2, 0.25) is 0 Å². The second-order valence-corrected chi connectivity index (χ2v) is 6.32. The number of halogens is 2. The minimum atomic E-state index is -3.90. The summed E-state index contributed by atoms with van der Waals surface area (Å²) < 4.78 is 40.1. The van der Waals surface area contributed by atoms with E-state index in [0.717, 1.165) is 12.1 Å². The summed E-state index contributed by atoms with van der Waals surface area (Å²) in [5, 5.41) is 0. The highest BCUT2D eigenvalue weighted by atomic mass is 79.9.